The number of hydrogen-bond acceptors (Lipinski definition) is 3. The first-order chi connectivity index (χ1) is 9.46. The fourth-order valence-corrected chi connectivity index (χ4v) is 2.59. The van der Waals surface area contributed by atoms with Crippen LogP contribution in [0, 0.1) is 0 Å². The van der Waals surface area contributed by atoms with Gasteiger partial charge in [-0.3, -0.25) is 9.71 Å². The number of nitrogens with zero attached hydrogens (tertiary/aromatic N) is 1. The van der Waals surface area contributed by atoms with E-state index >= 15 is 0 Å². The van der Waals surface area contributed by atoms with Crippen LogP contribution in [0.1, 0.15) is 5.56 Å². The summed E-state index contributed by atoms with van der Waals surface area (Å²) in [5.41, 5.74) is 0.951. The average molecular weight is 329 g/mol. The Morgan fingerprint density at radius 2 is 1.80 bits per heavy atom. The second-order valence-electron chi connectivity index (χ2n) is 3.86. The summed E-state index contributed by atoms with van der Waals surface area (Å²) in [6, 6.07) is 8.29. The molecule has 1 aromatic heterocycles. The van der Waals surface area contributed by atoms with Gasteiger partial charge in [-0.25, -0.2) is 8.42 Å². The Labute approximate surface area is 127 Å². The van der Waals surface area contributed by atoms with Crippen LogP contribution in [0.2, 0.25) is 10.0 Å². The molecule has 1 N–H and O–H groups in total. The smallest absolute Gasteiger partial charge is 0.255 e. The van der Waals surface area contributed by atoms with Crippen LogP contribution in [0.4, 0.5) is 5.69 Å². The lowest BCUT2D eigenvalue weighted by atomic mass is 10.2. The Hall–Kier alpha value is -1.56. The molecule has 0 aliphatic rings. The Morgan fingerprint density at radius 3 is 2.45 bits per heavy atom. The quantitative estimate of drug-likeness (QED) is 0.928. The Kier molecular flexibility index (Phi) is 4.65. The van der Waals surface area contributed by atoms with Crippen molar-refractivity contribution in [2.45, 2.75) is 0 Å². The largest absolute Gasteiger partial charge is 0.277 e. The lowest BCUT2D eigenvalue weighted by Gasteiger charge is -2.05. The Morgan fingerprint density at radius 1 is 1.10 bits per heavy atom. The van der Waals surface area contributed by atoms with Gasteiger partial charge in [0.2, 0.25) is 0 Å². The normalized spacial score (nSPS) is 11.7. The Balaban J connectivity index is 2.15. The van der Waals surface area contributed by atoms with E-state index in [9.17, 15) is 8.42 Å². The second kappa shape index (κ2) is 6.26. The van der Waals surface area contributed by atoms with Gasteiger partial charge < -0.3 is 0 Å². The first-order valence-corrected chi connectivity index (χ1v) is 7.82. The third kappa shape index (κ3) is 4.23. The lowest BCUT2D eigenvalue weighted by molar-refractivity contribution is 0.609. The Bertz CT molecular complexity index is 728. The van der Waals surface area contributed by atoms with Gasteiger partial charge in [-0.2, -0.15) is 0 Å². The number of sulfonamides is 1. The van der Waals surface area contributed by atoms with E-state index in [0.29, 0.717) is 5.02 Å². The van der Waals surface area contributed by atoms with Gasteiger partial charge in [0.05, 0.1) is 22.3 Å². The summed E-state index contributed by atoms with van der Waals surface area (Å²) in [7, 11) is -3.65. The fraction of sp³-hybridized carbons (Fsp3) is 0. The van der Waals surface area contributed by atoms with Gasteiger partial charge in [-0.05, 0) is 29.8 Å². The molecule has 104 valence electrons. The van der Waals surface area contributed by atoms with Crippen LogP contribution in [0.25, 0.3) is 6.08 Å². The number of halogens is 2. The molecule has 0 aliphatic heterocycles. The van der Waals surface area contributed by atoms with Crippen molar-refractivity contribution in [3.8, 4) is 0 Å². The van der Waals surface area contributed by atoms with Crippen molar-refractivity contribution >= 4 is 45.0 Å². The predicted octanol–water partition coefficient (Wildman–Crippen LogP) is 3.80. The molecule has 0 bridgehead atoms. The molecular weight excluding hydrogens is 319 g/mol. The van der Waals surface area contributed by atoms with E-state index in [1.54, 1.807) is 24.3 Å². The van der Waals surface area contributed by atoms with Crippen molar-refractivity contribution in [2.24, 2.45) is 0 Å². The summed E-state index contributed by atoms with van der Waals surface area (Å²) >= 11 is 11.6. The van der Waals surface area contributed by atoms with Gasteiger partial charge in [0.25, 0.3) is 10.0 Å². The molecular formula is C13H10Cl2N2O2S. The summed E-state index contributed by atoms with van der Waals surface area (Å²) in [4.78, 5) is 3.81. The van der Waals surface area contributed by atoms with E-state index in [2.05, 4.69) is 9.71 Å². The van der Waals surface area contributed by atoms with Crippen molar-refractivity contribution in [3.63, 3.8) is 0 Å². The number of nitrogens with one attached hydrogen (secondary N) is 1. The lowest BCUT2D eigenvalue weighted by Crippen LogP contribution is -2.09. The zero-order chi connectivity index (χ0) is 14.6. The van der Waals surface area contributed by atoms with Crippen molar-refractivity contribution in [3.05, 3.63) is 63.7 Å². The molecule has 1 aromatic carbocycles. The van der Waals surface area contributed by atoms with Crippen molar-refractivity contribution < 1.29 is 8.42 Å². The maximum atomic E-state index is 11.9. The van der Waals surface area contributed by atoms with E-state index in [0.717, 1.165) is 11.0 Å². The third-order valence-corrected chi connectivity index (χ3v) is 3.91. The molecule has 0 radical (unpaired) electrons. The number of pyridine rings is 1. The number of rotatable bonds is 4. The van der Waals surface area contributed by atoms with Gasteiger partial charge in [-0.1, -0.05) is 35.3 Å². The predicted molar refractivity (Wildman–Crippen MR) is 82.3 cm³/mol. The van der Waals surface area contributed by atoms with E-state index in [1.807, 2.05) is 0 Å². The number of aromatic nitrogens is 1. The van der Waals surface area contributed by atoms with Crippen LogP contribution >= 0.6 is 23.2 Å². The highest BCUT2D eigenvalue weighted by Gasteiger charge is 2.08. The second-order valence-corrected chi connectivity index (χ2v) is 6.27. The van der Waals surface area contributed by atoms with E-state index in [4.69, 9.17) is 23.2 Å². The molecule has 0 saturated carbocycles. The molecule has 0 saturated heterocycles. The van der Waals surface area contributed by atoms with Gasteiger partial charge in [-0.15, -0.1) is 0 Å². The monoisotopic (exact) mass is 328 g/mol. The van der Waals surface area contributed by atoms with Crippen molar-refractivity contribution in [1.29, 1.82) is 0 Å². The van der Waals surface area contributed by atoms with E-state index in [1.165, 1.54) is 24.5 Å². The highest BCUT2D eigenvalue weighted by Crippen LogP contribution is 2.21. The first-order valence-electron chi connectivity index (χ1n) is 5.52. The van der Waals surface area contributed by atoms with Crippen LogP contribution in [0.5, 0.6) is 0 Å². The van der Waals surface area contributed by atoms with Crippen LogP contribution in [-0.2, 0) is 10.0 Å². The van der Waals surface area contributed by atoms with Crippen LogP contribution in [-0.4, -0.2) is 13.4 Å². The van der Waals surface area contributed by atoms with Crippen molar-refractivity contribution in [1.82, 2.24) is 4.98 Å². The number of benzene rings is 1. The first kappa shape index (κ1) is 14.8. The van der Waals surface area contributed by atoms with Gasteiger partial charge in [0, 0.05) is 11.2 Å². The minimum Gasteiger partial charge on any atom is -0.277 e. The summed E-state index contributed by atoms with van der Waals surface area (Å²) in [5.74, 6) is 0. The fourth-order valence-electron chi connectivity index (χ4n) is 1.38. The topological polar surface area (TPSA) is 59.1 Å². The minimum absolute atomic E-state index is 0.231. The maximum absolute atomic E-state index is 11.9. The molecule has 1 heterocycles. The molecule has 2 rings (SSSR count). The molecule has 0 amide bonds. The van der Waals surface area contributed by atoms with Gasteiger partial charge in [0.1, 0.15) is 0 Å². The molecule has 4 nitrogen and oxygen atoms in total. The SMILES string of the molecule is O=S(=O)(/C=C/c1ccc(Cl)cc1)Nc1cnccc1Cl. The highest BCUT2D eigenvalue weighted by atomic mass is 35.5. The van der Waals surface area contributed by atoms with E-state index < -0.39 is 10.0 Å². The minimum atomic E-state index is -3.65. The molecule has 0 fully saturated rings. The highest BCUT2D eigenvalue weighted by molar-refractivity contribution is 7.95. The van der Waals surface area contributed by atoms with Crippen LogP contribution in [0.15, 0.2) is 48.1 Å². The number of anilines is 1. The summed E-state index contributed by atoms with van der Waals surface area (Å²) in [6.45, 7) is 0. The van der Waals surface area contributed by atoms with E-state index in [-0.39, 0.29) is 10.7 Å². The molecule has 20 heavy (non-hydrogen) atoms. The zero-order valence-electron chi connectivity index (χ0n) is 10.1. The van der Waals surface area contributed by atoms with Gasteiger partial charge in [0.15, 0.2) is 0 Å². The third-order valence-electron chi connectivity index (χ3n) is 2.33. The maximum Gasteiger partial charge on any atom is 0.255 e. The molecule has 0 aliphatic carbocycles. The standard InChI is InChI=1S/C13H10Cl2N2O2S/c14-11-3-1-10(2-4-11)6-8-20(18,19)17-13-9-16-7-5-12(13)15/h1-9,17H/b8-6+. The zero-order valence-corrected chi connectivity index (χ0v) is 12.5. The van der Waals surface area contributed by atoms with Crippen LogP contribution in [0.3, 0.4) is 0 Å². The van der Waals surface area contributed by atoms with Crippen LogP contribution < -0.4 is 4.72 Å². The number of hydrogen-bond donors (Lipinski definition) is 1. The summed E-state index contributed by atoms with van der Waals surface area (Å²) in [6.07, 6.45) is 4.28. The van der Waals surface area contributed by atoms with Crippen molar-refractivity contribution in [2.75, 3.05) is 4.72 Å². The molecule has 0 unspecified atom stereocenters. The summed E-state index contributed by atoms with van der Waals surface area (Å²) < 4.78 is 26.1. The molecule has 7 heteroatoms. The molecule has 0 spiro atoms. The molecule has 2 aromatic rings. The summed E-state index contributed by atoms with van der Waals surface area (Å²) in [5, 5.41) is 1.92. The van der Waals surface area contributed by atoms with Gasteiger partial charge >= 0.3 is 0 Å². The average Bonchev–Trinajstić information content (AvgIpc) is 2.41. The molecule has 0 atom stereocenters.